The SMILES string of the molecule is C=C(C)C(=O)NC(CC)N(C)C.CC(O)C(=O)O. The number of carbonyl (C=O) groups is 2. The summed E-state index contributed by atoms with van der Waals surface area (Å²) in [7, 11) is 3.87. The summed E-state index contributed by atoms with van der Waals surface area (Å²) in [5.41, 5.74) is 0.551. The van der Waals surface area contributed by atoms with E-state index in [0.29, 0.717) is 5.57 Å². The number of carboxylic acids is 1. The van der Waals surface area contributed by atoms with Crippen LogP contribution in [0.1, 0.15) is 27.2 Å². The van der Waals surface area contributed by atoms with Crippen LogP contribution in [-0.2, 0) is 9.59 Å². The van der Waals surface area contributed by atoms with Crippen LogP contribution in [0.3, 0.4) is 0 Å². The van der Waals surface area contributed by atoms with Crippen molar-refractivity contribution in [1.29, 1.82) is 0 Å². The Hall–Kier alpha value is -1.40. The van der Waals surface area contributed by atoms with E-state index in [9.17, 15) is 9.59 Å². The first kappa shape index (κ1) is 19.0. The summed E-state index contributed by atoms with van der Waals surface area (Å²) >= 11 is 0. The second-order valence-corrected chi connectivity index (χ2v) is 4.16. The second kappa shape index (κ2) is 9.61. The molecule has 0 bridgehead atoms. The van der Waals surface area contributed by atoms with E-state index < -0.39 is 12.1 Å². The minimum absolute atomic E-state index is 0.0736. The molecule has 0 aliphatic rings. The minimum atomic E-state index is -1.23. The molecule has 6 nitrogen and oxygen atoms in total. The minimum Gasteiger partial charge on any atom is -0.479 e. The molecule has 0 aromatic carbocycles. The number of rotatable bonds is 5. The Labute approximate surface area is 108 Å². The lowest BCUT2D eigenvalue weighted by molar-refractivity contribution is -0.145. The molecule has 0 aliphatic carbocycles. The number of hydrogen-bond donors (Lipinski definition) is 3. The van der Waals surface area contributed by atoms with Gasteiger partial charge in [0.15, 0.2) is 0 Å². The van der Waals surface area contributed by atoms with E-state index in [0.717, 1.165) is 6.42 Å². The Morgan fingerprint density at radius 1 is 1.39 bits per heavy atom. The van der Waals surface area contributed by atoms with Gasteiger partial charge in [0.2, 0.25) is 5.91 Å². The predicted molar refractivity (Wildman–Crippen MR) is 70.0 cm³/mol. The Morgan fingerprint density at radius 2 is 1.78 bits per heavy atom. The molecule has 0 radical (unpaired) electrons. The summed E-state index contributed by atoms with van der Waals surface area (Å²) in [4.78, 5) is 22.6. The van der Waals surface area contributed by atoms with Crippen molar-refractivity contribution in [2.75, 3.05) is 14.1 Å². The number of hydrogen-bond acceptors (Lipinski definition) is 4. The van der Waals surface area contributed by atoms with E-state index in [1.807, 2.05) is 25.9 Å². The van der Waals surface area contributed by atoms with Crippen LogP contribution >= 0.6 is 0 Å². The third-order valence-electron chi connectivity index (χ3n) is 2.05. The van der Waals surface area contributed by atoms with Gasteiger partial charge in [-0.3, -0.25) is 9.69 Å². The molecule has 0 spiro atoms. The number of carbonyl (C=O) groups excluding carboxylic acids is 1. The van der Waals surface area contributed by atoms with Crippen LogP contribution in [0.15, 0.2) is 12.2 Å². The van der Waals surface area contributed by atoms with Gasteiger partial charge in [-0.25, -0.2) is 4.79 Å². The van der Waals surface area contributed by atoms with Gasteiger partial charge in [-0.05, 0) is 34.4 Å². The van der Waals surface area contributed by atoms with Crippen molar-refractivity contribution < 1.29 is 19.8 Å². The van der Waals surface area contributed by atoms with E-state index in [2.05, 4.69) is 11.9 Å². The molecule has 2 atom stereocenters. The summed E-state index contributed by atoms with van der Waals surface area (Å²) < 4.78 is 0. The molecule has 0 saturated heterocycles. The van der Waals surface area contributed by atoms with Gasteiger partial charge in [-0.2, -0.15) is 0 Å². The quantitative estimate of drug-likeness (QED) is 0.492. The fraction of sp³-hybridized carbons (Fsp3) is 0.667. The number of aliphatic carboxylic acids is 1. The van der Waals surface area contributed by atoms with Crippen molar-refractivity contribution in [2.24, 2.45) is 0 Å². The predicted octanol–water partition coefficient (Wildman–Crippen LogP) is 0.428. The molecule has 0 fully saturated rings. The summed E-state index contributed by atoms with van der Waals surface area (Å²) in [5, 5.41) is 18.6. The second-order valence-electron chi connectivity index (χ2n) is 4.16. The van der Waals surface area contributed by atoms with Crippen LogP contribution in [0.5, 0.6) is 0 Å². The van der Waals surface area contributed by atoms with Crippen molar-refractivity contribution in [3.05, 3.63) is 12.2 Å². The summed E-state index contributed by atoms with van der Waals surface area (Å²) in [5.74, 6) is -1.26. The van der Waals surface area contributed by atoms with Gasteiger partial charge in [-0.1, -0.05) is 13.5 Å². The molecule has 2 unspecified atom stereocenters. The van der Waals surface area contributed by atoms with E-state index in [-0.39, 0.29) is 12.1 Å². The normalized spacial score (nSPS) is 13.1. The Morgan fingerprint density at radius 3 is 1.94 bits per heavy atom. The third kappa shape index (κ3) is 9.80. The zero-order valence-corrected chi connectivity index (χ0v) is 11.7. The standard InChI is InChI=1S/C9H18N2O.C3H6O3/c1-6-8(11(4)5)10-9(12)7(2)3;1-2(4)3(5)6/h8H,2,6H2,1,3-5H3,(H,10,12);2,4H,1H3,(H,5,6). The van der Waals surface area contributed by atoms with E-state index in [1.165, 1.54) is 6.92 Å². The van der Waals surface area contributed by atoms with Gasteiger partial charge in [0.1, 0.15) is 6.10 Å². The van der Waals surface area contributed by atoms with Crippen molar-refractivity contribution in [3.8, 4) is 0 Å². The first-order valence-corrected chi connectivity index (χ1v) is 5.67. The molecule has 0 saturated carbocycles. The molecular formula is C12H24N2O4. The molecule has 1 amide bonds. The van der Waals surface area contributed by atoms with E-state index >= 15 is 0 Å². The highest BCUT2D eigenvalue weighted by Gasteiger charge is 2.11. The zero-order chi connectivity index (χ0) is 14.9. The van der Waals surface area contributed by atoms with Crippen LogP contribution in [0.25, 0.3) is 0 Å². The number of nitrogens with one attached hydrogen (secondary N) is 1. The van der Waals surface area contributed by atoms with Gasteiger partial charge < -0.3 is 15.5 Å². The van der Waals surface area contributed by atoms with Crippen molar-refractivity contribution >= 4 is 11.9 Å². The first-order valence-electron chi connectivity index (χ1n) is 5.67. The highest BCUT2D eigenvalue weighted by Crippen LogP contribution is 1.96. The molecule has 106 valence electrons. The molecule has 0 aliphatic heterocycles. The topological polar surface area (TPSA) is 89.9 Å². The maximum absolute atomic E-state index is 11.2. The summed E-state index contributed by atoms with van der Waals surface area (Å²) in [6.45, 7) is 8.51. The van der Waals surface area contributed by atoms with Crippen molar-refractivity contribution in [3.63, 3.8) is 0 Å². The van der Waals surface area contributed by atoms with Gasteiger partial charge in [0, 0.05) is 5.57 Å². The van der Waals surface area contributed by atoms with Crippen molar-refractivity contribution in [1.82, 2.24) is 10.2 Å². The van der Waals surface area contributed by atoms with E-state index in [1.54, 1.807) is 6.92 Å². The number of aliphatic hydroxyl groups is 1. The zero-order valence-electron chi connectivity index (χ0n) is 11.7. The number of nitrogens with zero attached hydrogens (tertiary/aromatic N) is 1. The Bertz CT molecular complexity index is 288. The van der Waals surface area contributed by atoms with Crippen LogP contribution in [0, 0.1) is 0 Å². The smallest absolute Gasteiger partial charge is 0.332 e. The highest BCUT2D eigenvalue weighted by atomic mass is 16.4. The first-order chi connectivity index (χ1) is 8.13. The summed E-state index contributed by atoms with van der Waals surface area (Å²) in [6, 6.07) is 0. The van der Waals surface area contributed by atoms with Crippen LogP contribution in [0.4, 0.5) is 0 Å². The van der Waals surface area contributed by atoms with Gasteiger partial charge in [-0.15, -0.1) is 0 Å². The Balaban J connectivity index is 0. The third-order valence-corrected chi connectivity index (χ3v) is 2.05. The molecule has 18 heavy (non-hydrogen) atoms. The molecule has 0 aromatic rings. The van der Waals surface area contributed by atoms with E-state index in [4.69, 9.17) is 10.2 Å². The summed E-state index contributed by atoms with van der Waals surface area (Å²) in [6.07, 6.45) is -0.231. The van der Waals surface area contributed by atoms with Crippen molar-refractivity contribution in [2.45, 2.75) is 39.5 Å². The fourth-order valence-corrected chi connectivity index (χ4v) is 0.871. The monoisotopic (exact) mass is 260 g/mol. The average molecular weight is 260 g/mol. The molecule has 0 rings (SSSR count). The average Bonchev–Trinajstić information content (AvgIpc) is 2.25. The fourth-order valence-electron chi connectivity index (χ4n) is 0.871. The molecule has 0 aromatic heterocycles. The van der Waals surface area contributed by atoms with Gasteiger partial charge >= 0.3 is 5.97 Å². The molecule has 6 heteroatoms. The molecular weight excluding hydrogens is 236 g/mol. The largest absolute Gasteiger partial charge is 0.479 e. The number of aliphatic hydroxyl groups excluding tert-OH is 1. The highest BCUT2D eigenvalue weighted by molar-refractivity contribution is 5.92. The van der Waals surface area contributed by atoms with Crippen LogP contribution in [-0.4, -0.2) is 53.4 Å². The van der Waals surface area contributed by atoms with Gasteiger partial charge in [0.25, 0.3) is 0 Å². The van der Waals surface area contributed by atoms with Crippen LogP contribution < -0.4 is 5.32 Å². The Kier molecular flexibility index (Phi) is 10.1. The molecule has 3 N–H and O–H groups in total. The lowest BCUT2D eigenvalue weighted by Crippen LogP contribution is -2.44. The van der Waals surface area contributed by atoms with Crippen LogP contribution in [0.2, 0.25) is 0 Å². The maximum Gasteiger partial charge on any atom is 0.332 e. The lowest BCUT2D eigenvalue weighted by Gasteiger charge is -2.23. The van der Waals surface area contributed by atoms with Gasteiger partial charge in [0.05, 0.1) is 6.17 Å². The lowest BCUT2D eigenvalue weighted by atomic mass is 10.3. The number of amides is 1. The number of carboxylic acid groups (broad SMARTS) is 1. The maximum atomic E-state index is 11.2. The molecule has 0 heterocycles.